The first kappa shape index (κ1) is 14.9. The Morgan fingerprint density at radius 1 is 1.22 bits per heavy atom. The van der Waals surface area contributed by atoms with Crippen LogP contribution in [0, 0.1) is 0 Å². The maximum Gasteiger partial charge on any atom is 0.178 e. The van der Waals surface area contributed by atoms with Gasteiger partial charge in [0.15, 0.2) is 9.84 Å². The van der Waals surface area contributed by atoms with Crippen LogP contribution in [0.15, 0.2) is 29.2 Å². The number of carbonyl (C=O) groups excluding carboxylic acids is 1. The standard InChI is InChI=1S/C14H20O3S/c1-4-18(16,17)14-9-7-13(8-10-14)11(2)5-6-12(3)15/h7-11H,4-6H2,1-3H3. The fourth-order valence-electron chi connectivity index (χ4n) is 1.76. The van der Waals surface area contributed by atoms with E-state index < -0.39 is 9.84 Å². The lowest BCUT2D eigenvalue weighted by atomic mass is 9.95. The van der Waals surface area contributed by atoms with Crippen molar-refractivity contribution in [2.45, 2.75) is 44.4 Å². The van der Waals surface area contributed by atoms with E-state index in [1.54, 1.807) is 26.0 Å². The molecule has 0 fully saturated rings. The Balaban J connectivity index is 2.80. The van der Waals surface area contributed by atoms with E-state index in [4.69, 9.17) is 0 Å². The summed E-state index contributed by atoms with van der Waals surface area (Å²) in [6, 6.07) is 6.98. The molecule has 18 heavy (non-hydrogen) atoms. The van der Waals surface area contributed by atoms with Crippen LogP contribution in [0.5, 0.6) is 0 Å². The van der Waals surface area contributed by atoms with Crippen molar-refractivity contribution >= 4 is 15.6 Å². The molecule has 0 bridgehead atoms. The second kappa shape index (κ2) is 6.14. The van der Waals surface area contributed by atoms with E-state index >= 15 is 0 Å². The third-order valence-corrected chi connectivity index (χ3v) is 4.87. The summed E-state index contributed by atoms with van der Waals surface area (Å²) in [4.78, 5) is 11.3. The molecule has 0 spiro atoms. The molecule has 1 rings (SSSR count). The lowest BCUT2D eigenvalue weighted by molar-refractivity contribution is -0.117. The third-order valence-electron chi connectivity index (χ3n) is 3.12. The molecule has 1 aromatic rings. The number of benzene rings is 1. The number of hydrogen-bond donors (Lipinski definition) is 0. The molecule has 0 aliphatic rings. The van der Waals surface area contributed by atoms with Crippen molar-refractivity contribution in [3.8, 4) is 0 Å². The molecule has 0 radical (unpaired) electrons. The first-order chi connectivity index (χ1) is 8.36. The average Bonchev–Trinajstić information content (AvgIpc) is 2.36. The molecule has 1 unspecified atom stereocenters. The van der Waals surface area contributed by atoms with E-state index in [1.165, 1.54) is 0 Å². The van der Waals surface area contributed by atoms with Crippen LogP contribution in [-0.4, -0.2) is 20.0 Å². The van der Waals surface area contributed by atoms with Crippen molar-refractivity contribution in [3.05, 3.63) is 29.8 Å². The van der Waals surface area contributed by atoms with Gasteiger partial charge in [0, 0.05) is 6.42 Å². The highest BCUT2D eigenvalue weighted by Gasteiger charge is 2.12. The van der Waals surface area contributed by atoms with E-state index in [0.717, 1.165) is 12.0 Å². The van der Waals surface area contributed by atoms with Crippen LogP contribution in [0.3, 0.4) is 0 Å². The molecule has 0 aromatic heterocycles. The quantitative estimate of drug-likeness (QED) is 0.797. The molecule has 0 saturated carbocycles. The van der Waals surface area contributed by atoms with Gasteiger partial charge in [-0.05, 0) is 37.0 Å². The van der Waals surface area contributed by atoms with Crippen molar-refractivity contribution in [3.63, 3.8) is 0 Å². The Bertz CT molecular complexity index is 500. The normalized spacial score (nSPS) is 13.3. The lowest BCUT2D eigenvalue weighted by Crippen LogP contribution is -2.04. The number of ketones is 1. The van der Waals surface area contributed by atoms with Crippen molar-refractivity contribution < 1.29 is 13.2 Å². The van der Waals surface area contributed by atoms with E-state index in [2.05, 4.69) is 0 Å². The van der Waals surface area contributed by atoms with Gasteiger partial charge in [0.05, 0.1) is 10.6 Å². The van der Waals surface area contributed by atoms with Gasteiger partial charge >= 0.3 is 0 Å². The van der Waals surface area contributed by atoms with Gasteiger partial charge in [-0.3, -0.25) is 0 Å². The zero-order valence-electron chi connectivity index (χ0n) is 11.1. The highest BCUT2D eigenvalue weighted by atomic mass is 32.2. The molecule has 0 saturated heterocycles. The first-order valence-electron chi connectivity index (χ1n) is 6.19. The molecule has 3 nitrogen and oxygen atoms in total. The summed E-state index contributed by atoms with van der Waals surface area (Å²) in [7, 11) is -3.12. The Morgan fingerprint density at radius 2 is 1.78 bits per heavy atom. The fourth-order valence-corrected chi connectivity index (χ4v) is 2.64. The summed E-state index contributed by atoms with van der Waals surface area (Å²) in [6.45, 7) is 5.27. The summed E-state index contributed by atoms with van der Waals surface area (Å²) in [5, 5.41) is 0. The largest absolute Gasteiger partial charge is 0.300 e. The van der Waals surface area contributed by atoms with Gasteiger partial charge in [-0.15, -0.1) is 0 Å². The van der Waals surface area contributed by atoms with Crippen LogP contribution < -0.4 is 0 Å². The molecular formula is C14H20O3S. The minimum atomic E-state index is -3.12. The average molecular weight is 268 g/mol. The molecule has 0 aliphatic heterocycles. The van der Waals surface area contributed by atoms with Crippen LogP contribution in [-0.2, 0) is 14.6 Å². The number of sulfone groups is 1. The number of hydrogen-bond acceptors (Lipinski definition) is 3. The second-order valence-corrected chi connectivity index (χ2v) is 6.89. The summed E-state index contributed by atoms with van der Waals surface area (Å²) in [5.74, 6) is 0.575. The highest BCUT2D eigenvalue weighted by molar-refractivity contribution is 7.91. The number of rotatable bonds is 6. The first-order valence-corrected chi connectivity index (χ1v) is 7.84. The van der Waals surface area contributed by atoms with Crippen molar-refractivity contribution in [1.82, 2.24) is 0 Å². The van der Waals surface area contributed by atoms with Gasteiger partial charge in [-0.1, -0.05) is 26.0 Å². The van der Waals surface area contributed by atoms with Gasteiger partial charge in [-0.2, -0.15) is 0 Å². The third kappa shape index (κ3) is 3.95. The Hall–Kier alpha value is -1.16. The molecule has 0 heterocycles. The molecule has 1 atom stereocenters. The van der Waals surface area contributed by atoms with E-state index in [-0.39, 0.29) is 17.5 Å². The summed E-state index contributed by atoms with van der Waals surface area (Å²) < 4.78 is 23.3. The van der Waals surface area contributed by atoms with Crippen molar-refractivity contribution in [2.24, 2.45) is 0 Å². The summed E-state index contributed by atoms with van der Waals surface area (Å²) in [5.41, 5.74) is 1.08. The monoisotopic (exact) mass is 268 g/mol. The molecule has 4 heteroatoms. The van der Waals surface area contributed by atoms with Crippen LogP contribution in [0.2, 0.25) is 0 Å². The molecule has 1 aromatic carbocycles. The molecule has 0 aliphatic carbocycles. The zero-order chi connectivity index (χ0) is 13.8. The minimum Gasteiger partial charge on any atom is -0.300 e. The van der Waals surface area contributed by atoms with Gasteiger partial charge in [0.2, 0.25) is 0 Å². The van der Waals surface area contributed by atoms with Crippen LogP contribution in [0.1, 0.15) is 45.1 Å². The van der Waals surface area contributed by atoms with Crippen LogP contribution in [0.25, 0.3) is 0 Å². The molecule has 0 N–H and O–H groups in total. The van der Waals surface area contributed by atoms with Gasteiger partial charge in [-0.25, -0.2) is 8.42 Å². The molecule has 0 amide bonds. The predicted molar refractivity (Wildman–Crippen MR) is 72.5 cm³/mol. The topological polar surface area (TPSA) is 51.2 Å². The lowest BCUT2D eigenvalue weighted by Gasteiger charge is -2.11. The summed E-state index contributed by atoms with van der Waals surface area (Å²) in [6.07, 6.45) is 1.37. The van der Waals surface area contributed by atoms with Crippen molar-refractivity contribution in [1.29, 1.82) is 0 Å². The molecular weight excluding hydrogens is 248 g/mol. The Kier molecular flexibility index (Phi) is 5.08. The van der Waals surface area contributed by atoms with Crippen LogP contribution in [0.4, 0.5) is 0 Å². The van der Waals surface area contributed by atoms with Gasteiger partial charge < -0.3 is 4.79 Å². The summed E-state index contributed by atoms with van der Waals surface area (Å²) >= 11 is 0. The SMILES string of the molecule is CCS(=O)(=O)c1ccc(C(C)CCC(C)=O)cc1. The second-order valence-electron chi connectivity index (χ2n) is 4.61. The maximum atomic E-state index is 11.7. The smallest absolute Gasteiger partial charge is 0.178 e. The van der Waals surface area contributed by atoms with Crippen LogP contribution >= 0.6 is 0 Å². The van der Waals surface area contributed by atoms with Crippen molar-refractivity contribution in [2.75, 3.05) is 5.75 Å². The Morgan fingerprint density at radius 3 is 2.22 bits per heavy atom. The van der Waals surface area contributed by atoms with E-state index in [0.29, 0.717) is 11.3 Å². The molecule has 100 valence electrons. The zero-order valence-corrected chi connectivity index (χ0v) is 12.0. The number of carbonyl (C=O) groups is 1. The fraction of sp³-hybridized carbons (Fsp3) is 0.500. The van der Waals surface area contributed by atoms with Gasteiger partial charge in [0.25, 0.3) is 0 Å². The minimum absolute atomic E-state index is 0.117. The van der Waals surface area contributed by atoms with Gasteiger partial charge in [0.1, 0.15) is 5.78 Å². The number of Topliss-reactive ketones (excluding diaryl/α,β-unsaturated/α-hetero) is 1. The Labute approximate surface area is 109 Å². The predicted octanol–water partition coefficient (Wildman–Crippen LogP) is 2.95. The maximum absolute atomic E-state index is 11.7. The van der Waals surface area contributed by atoms with E-state index in [1.807, 2.05) is 19.1 Å². The highest BCUT2D eigenvalue weighted by Crippen LogP contribution is 2.22. The van der Waals surface area contributed by atoms with E-state index in [9.17, 15) is 13.2 Å².